The van der Waals surface area contributed by atoms with E-state index in [-0.39, 0.29) is 0 Å². The average molecular weight is 613 g/mol. The lowest BCUT2D eigenvalue weighted by atomic mass is 10.0. The summed E-state index contributed by atoms with van der Waals surface area (Å²) in [5.74, 6) is 0. The maximum atomic E-state index is 2.46. The minimum Gasteiger partial charge on any atom is -0.311 e. The molecule has 0 spiro atoms. The topological polar surface area (TPSA) is 8.17 Å². The summed E-state index contributed by atoms with van der Waals surface area (Å²) in [5.41, 5.74) is 11.8. The van der Waals surface area contributed by atoms with Crippen molar-refractivity contribution in [2.24, 2.45) is 0 Å². The second-order valence-corrected chi connectivity index (χ2v) is 12.2. The van der Waals surface area contributed by atoms with Crippen molar-refractivity contribution in [3.63, 3.8) is 0 Å². The second-order valence-electron chi connectivity index (χ2n) is 12.2. The molecule has 2 heteroatoms. The Bertz CT molecular complexity index is 2530. The number of nitrogens with zero attached hydrogens (tertiary/aromatic N) is 2. The Hall–Kier alpha value is -6.38. The molecule has 0 atom stereocenters. The summed E-state index contributed by atoms with van der Waals surface area (Å²) >= 11 is 0. The van der Waals surface area contributed by atoms with Gasteiger partial charge in [-0.3, -0.25) is 0 Å². The summed E-state index contributed by atoms with van der Waals surface area (Å²) in [6.45, 7) is 0. The summed E-state index contributed by atoms with van der Waals surface area (Å²) in [5, 5.41) is 5.04. The fourth-order valence-corrected chi connectivity index (χ4v) is 7.14. The monoisotopic (exact) mass is 612 g/mol. The Morgan fingerprint density at radius 2 is 0.875 bits per heavy atom. The molecule has 9 rings (SSSR count). The molecule has 0 aliphatic rings. The van der Waals surface area contributed by atoms with Crippen LogP contribution in [0.1, 0.15) is 0 Å². The molecule has 0 saturated carbocycles. The lowest BCUT2D eigenvalue weighted by Gasteiger charge is -2.26. The van der Waals surface area contributed by atoms with Crippen LogP contribution >= 0.6 is 0 Å². The zero-order valence-electron chi connectivity index (χ0n) is 26.4. The van der Waals surface area contributed by atoms with Crippen molar-refractivity contribution >= 4 is 49.6 Å². The third-order valence-electron chi connectivity index (χ3n) is 9.39. The summed E-state index contributed by atoms with van der Waals surface area (Å²) in [4.78, 5) is 2.32. The van der Waals surface area contributed by atoms with Gasteiger partial charge in [0.15, 0.2) is 0 Å². The van der Waals surface area contributed by atoms with Crippen molar-refractivity contribution in [1.29, 1.82) is 0 Å². The number of para-hydroxylation sites is 3. The third kappa shape index (κ3) is 4.74. The van der Waals surface area contributed by atoms with E-state index in [2.05, 4.69) is 204 Å². The van der Waals surface area contributed by atoms with Gasteiger partial charge in [0.05, 0.1) is 16.7 Å². The predicted molar refractivity (Wildman–Crippen MR) is 204 cm³/mol. The molecule has 2 nitrogen and oxygen atoms in total. The zero-order valence-corrected chi connectivity index (χ0v) is 26.4. The van der Waals surface area contributed by atoms with Gasteiger partial charge < -0.3 is 9.47 Å². The summed E-state index contributed by atoms with van der Waals surface area (Å²) in [6.07, 6.45) is 0. The van der Waals surface area contributed by atoms with E-state index in [9.17, 15) is 0 Å². The van der Waals surface area contributed by atoms with E-state index >= 15 is 0 Å². The minimum atomic E-state index is 1.11. The predicted octanol–water partition coefficient (Wildman–Crippen LogP) is 12.7. The summed E-state index contributed by atoms with van der Waals surface area (Å²) in [7, 11) is 0. The average Bonchev–Trinajstić information content (AvgIpc) is 3.51. The van der Waals surface area contributed by atoms with Crippen LogP contribution in [-0.4, -0.2) is 4.57 Å². The molecule has 8 aromatic carbocycles. The Kier molecular flexibility index (Phi) is 6.84. The molecule has 1 aromatic heterocycles. The van der Waals surface area contributed by atoms with Gasteiger partial charge >= 0.3 is 0 Å². The van der Waals surface area contributed by atoms with Gasteiger partial charge in [-0.25, -0.2) is 0 Å². The molecule has 0 unspecified atom stereocenters. The van der Waals surface area contributed by atoms with Crippen LogP contribution in [-0.2, 0) is 0 Å². The van der Waals surface area contributed by atoms with Gasteiger partial charge in [0.25, 0.3) is 0 Å². The highest BCUT2D eigenvalue weighted by atomic mass is 15.1. The molecule has 0 N–H and O–H groups in total. The van der Waals surface area contributed by atoms with Crippen LogP contribution in [0.25, 0.3) is 60.5 Å². The molecule has 0 aliphatic carbocycles. The van der Waals surface area contributed by atoms with Crippen molar-refractivity contribution in [3.8, 4) is 27.9 Å². The molecule has 0 saturated heterocycles. The summed E-state index contributed by atoms with van der Waals surface area (Å²) < 4.78 is 2.46. The van der Waals surface area contributed by atoms with E-state index in [0.717, 1.165) is 17.1 Å². The molecule has 0 bridgehead atoms. The van der Waals surface area contributed by atoms with Gasteiger partial charge in [-0.15, -0.1) is 0 Å². The lowest BCUT2D eigenvalue weighted by molar-refractivity contribution is 1.19. The Morgan fingerprint density at radius 1 is 0.333 bits per heavy atom. The van der Waals surface area contributed by atoms with Crippen LogP contribution in [0, 0.1) is 0 Å². The van der Waals surface area contributed by atoms with Crippen molar-refractivity contribution in [3.05, 3.63) is 194 Å². The molecule has 0 radical (unpaired) electrons. The van der Waals surface area contributed by atoms with E-state index in [0.29, 0.717) is 0 Å². The van der Waals surface area contributed by atoms with Gasteiger partial charge in [-0.2, -0.15) is 0 Å². The first-order valence-electron chi connectivity index (χ1n) is 16.4. The van der Waals surface area contributed by atoms with Crippen molar-refractivity contribution in [1.82, 2.24) is 4.57 Å². The van der Waals surface area contributed by atoms with Crippen molar-refractivity contribution < 1.29 is 0 Å². The van der Waals surface area contributed by atoms with Crippen LogP contribution in [0.4, 0.5) is 17.1 Å². The van der Waals surface area contributed by atoms with Crippen LogP contribution in [0.5, 0.6) is 0 Å². The highest BCUT2D eigenvalue weighted by Crippen LogP contribution is 2.41. The first-order valence-corrected chi connectivity index (χ1v) is 16.4. The van der Waals surface area contributed by atoms with Crippen LogP contribution in [0.15, 0.2) is 194 Å². The van der Waals surface area contributed by atoms with E-state index in [1.807, 2.05) is 0 Å². The van der Waals surface area contributed by atoms with E-state index in [1.165, 1.54) is 60.5 Å². The second kappa shape index (κ2) is 11.8. The molecule has 0 fully saturated rings. The highest BCUT2D eigenvalue weighted by molar-refractivity contribution is 6.18. The Labute approximate surface area is 280 Å². The first-order chi connectivity index (χ1) is 23.8. The van der Waals surface area contributed by atoms with Gasteiger partial charge in [-0.1, -0.05) is 146 Å². The van der Waals surface area contributed by atoms with Crippen molar-refractivity contribution in [2.45, 2.75) is 0 Å². The molecule has 226 valence electrons. The minimum absolute atomic E-state index is 1.11. The number of aromatic nitrogens is 1. The fraction of sp³-hybridized carbons (Fsp3) is 0. The lowest BCUT2D eigenvalue weighted by Crippen LogP contribution is -2.09. The maximum absolute atomic E-state index is 2.46. The number of hydrogen-bond acceptors (Lipinski definition) is 1. The SMILES string of the molecule is c1ccc(-c2ccc(N(c3ccccc3)c3ccc(-c4ccccc4-n4c5ccccc5c5ccc6ccccc6c54)cc3)cc2)cc1. The van der Waals surface area contributed by atoms with Crippen LogP contribution in [0.2, 0.25) is 0 Å². The largest absolute Gasteiger partial charge is 0.311 e. The number of anilines is 3. The smallest absolute Gasteiger partial charge is 0.0619 e. The normalized spacial score (nSPS) is 11.3. The first kappa shape index (κ1) is 27.9. The third-order valence-corrected chi connectivity index (χ3v) is 9.39. The molecule has 0 aliphatic heterocycles. The standard InChI is InChI=1S/C46H32N2/c1-3-13-33(14-4-1)34-23-28-38(29-24-34)47(37-16-5-2-6-17-37)39-30-25-36(26-31-39)40-18-9-11-21-44(40)48-45-22-12-10-20-42(45)43-32-27-35-15-7-8-19-41(35)46(43)48/h1-32H. The summed E-state index contributed by atoms with van der Waals surface area (Å²) in [6, 6.07) is 69.8. The highest BCUT2D eigenvalue weighted by Gasteiger charge is 2.18. The van der Waals surface area contributed by atoms with Crippen LogP contribution in [0.3, 0.4) is 0 Å². The molecule has 0 amide bonds. The number of rotatable bonds is 6. The number of hydrogen-bond donors (Lipinski definition) is 0. The molecular weight excluding hydrogens is 581 g/mol. The van der Waals surface area contributed by atoms with Gasteiger partial charge in [0, 0.05) is 38.8 Å². The van der Waals surface area contributed by atoms with E-state index in [1.54, 1.807) is 0 Å². The molecule has 1 heterocycles. The fourth-order valence-electron chi connectivity index (χ4n) is 7.14. The quantitative estimate of drug-likeness (QED) is 0.181. The van der Waals surface area contributed by atoms with Gasteiger partial charge in [0.1, 0.15) is 0 Å². The molecule has 9 aromatic rings. The Balaban J connectivity index is 1.17. The molecular formula is C46H32N2. The van der Waals surface area contributed by atoms with Gasteiger partial charge in [0.2, 0.25) is 0 Å². The number of benzene rings is 8. The van der Waals surface area contributed by atoms with Crippen LogP contribution < -0.4 is 4.90 Å². The van der Waals surface area contributed by atoms with E-state index in [4.69, 9.17) is 0 Å². The van der Waals surface area contributed by atoms with Gasteiger partial charge in [-0.05, 0) is 70.6 Å². The van der Waals surface area contributed by atoms with Crippen molar-refractivity contribution in [2.75, 3.05) is 4.90 Å². The number of fused-ring (bicyclic) bond motifs is 5. The molecule has 48 heavy (non-hydrogen) atoms. The van der Waals surface area contributed by atoms with E-state index < -0.39 is 0 Å². The maximum Gasteiger partial charge on any atom is 0.0619 e. The zero-order chi connectivity index (χ0) is 31.9. The Morgan fingerprint density at radius 3 is 1.62 bits per heavy atom.